The highest BCUT2D eigenvalue weighted by Crippen LogP contribution is 2.20. The van der Waals surface area contributed by atoms with E-state index in [-0.39, 0.29) is 5.91 Å². The number of amides is 1. The van der Waals surface area contributed by atoms with E-state index < -0.39 is 0 Å². The summed E-state index contributed by atoms with van der Waals surface area (Å²) in [5.41, 5.74) is 0. The second kappa shape index (κ2) is 5.04. The third kappa shape index (κ3) is 2.42. The lowest BCUT2D eigenvalue weighted by molar-refractivity contribution is 0.102. The zero-order valence-electron chi connectivity index (χ0n) is 11.1. The molecule has 0 radical (unpaired) electrons. The number of nitrogens with zero attached hydrogens (tertiary/aromatic N) is 4. The number of aromatic nitrogens is 5. The predicted molar refractivity (Wildman–Crippen MR) is 75.9 cm³/mol. The molecule has 3 heterocycles. The summed E-state index contributed by atoms with van der Waals surface area (Å²) in [5.74, 6) is 1.15. The third-order valence-electron chi connectivity index (χ3n) is 2.73. The Morgan fingerprint density at radius 1 is 1.45 bits per heavy atom. The maximum atomic E-state index is 12.2. The van der Waals surface area contributed by atoms with E-state index in [1.807, 2.05) is 12.1 Å². The van der Waals surface area contributed by atoms with E-state index in [4.69, 9.17) is 0 Å². The van der Waals surface area contributed by atoms with E-state index in [9.17, 15) is 4.79 Å². The molecule has 104 valence electrons. The molecule has 0 unspecified atom stereocenters. The molecular weight excluding hydrogens is 276 g/mol. The molecule has 3 aromatic heterocycles. The van der Waals surface area contributed by atoms with Crippen LogP contribution in [0.5, 0.6) is 0 Å². The fourth-order valence-electron chi connectivity index (χ4n) is 1.88. The number of fused-ring (bicyclic) bond motifs is 1. The Kier molecular flexibility index (Phi) is 3.23. The topological polar surface area (TPSA) is 88.0 Å². The second-order valence-corrected chi connectivity index (χ2v) is 6.03. The Hall–Kier alpha value is -2.22. The van der Waals surface area contributed by atoms with Crippen molar-refractivity contribution in [1.82, 2.24) is 24.8 Å². The summed E-state index contributed by atoms with van der Waals surface area (Å²) in [4.78, 5) is 18.0. The Morgan fingerprint density at radius 3 is 3.10 bits per heavy atom. The zero-order chi connectivity index (χ0) is 14.1. The fraction of sp³-hybridized carbons (Fsp3) is 0.333. The van der Waals surface area contributed by atoms with E-state index in [2.05, 4.69) is 39.4 Å². The van der Waals surface area contributed by atoms with Gasteiger partial charge in [0.05, 0.1) is 4.88 Å². The minimum Gasteiger partial charge on any atom is -0.288 e. The molecule has 20 heavy (non-hydrogen) atoms. The van der Waals surface area contributed by atoms with Crippen molar-refractivity contribution in [2.45, 2.75) is 20.3 Å². The van der Waals surface area contributed by atoms with Gasteiger partial charge in [-0.3, -0.25) is 15.2 Å². The molecular formula is C12H14N6OS. The summed E-state index contributed by atoms with van der Waals surface area (Å²) >= 11 is 1.50. The number of hydrogen-bond acceptors (Lipinski definition) is 5. The van der Waals surface area contributed by atoms with Crippen LogP contribution in [0.15, 0.2) is 18.5 Å². The first-order valence-electron chi connectivity index (χ1n) is 6.28. The van der Waals surface area contributed by atoms with Gasteiger partial charge in [-0.2, -0.15) is 9.50 Å². The Bertz CT molecular complexity index is 740. The summed E-state index contributed by atoms with van der Waals surface area (Å²) < 4.78 is 1.51. The molecule has 0 spiro atoms. The molecule has 0 aliphatic carbocycles. The van der Waals surface area contributed by atoms with E-state index in [1.165, 1.54) is 27.1 Å². The smallest absolute Gasteiger partial charge is 0.273 e. The zero-order valence-corrected chi connectivity index (χ0v) is 11.9. The number of carbonyl (C=O) groups excluding carboxylic acids is 1. The molecule has 0 atom stereocenters. The molecule has 0 bridgehead atoms. The molecule has 0 aromatic carbocycles. The van der Waals surface area contributed by atoms with E-state index in [0.29, 0.717) is 22.5 Å². The minimum absolute atomic E-state index is 0.186. The molecule has 0 fully saturated rings. The molecule has 3 aromatic rings. The highest BCUT2D eigenvalue weighted by molar-refractivity contribution is 7.14. The lowest BCUT2D eigenvalue weighted by atomic mass is 10.1. The van der Waals surface area contributed by atoms with Crippen molar-refractivity contribution in [3.63, 3.8) is 0 Å². The largest absolute Gasteiger partial charge is 0.288 e. The summed E-state index contributed by atoms with van der Waals surface area (Å²) in [7, 11) is 0. The fourth-order valence-corrected chi connectivity index (χ4v) is 2.99. The second-order valence-electron chi connectivity index (χ2n) is 4.86. The molecule has 0 saturated heterocycles. The van der Waals surface area contributed by atoms with Crippen molar-refractivity contribution in [2.24, 2.45) is 5.92 Å². The van der Waals surface area contributed by atoms with Crippen molar-refractivity contribution in [3.05, 3.63) is 28.2 Å². The van der Waals surface area contributed by atoms with E-state index in [0.717, 1.165) is 6.42 Å². The van der Waals surface area contributed by atoms with Crippen LogP contribution < -0.4 is 5.32 Å². The standard InChI is InChI=1S/C12H14N6OS/c1-7(2)5-8-3-4-9(20-8)10(19)15-12-17-16-11-13-6-14-18(11)12/h3-4,6-7H,5H2,1-2H3,(H,13,14,16)(H,15,17,19). The number of rotatable bonds is 4. The Labute approximate surface area is 119 Å². The van der Waals surface area contributed by atoms with Crippen LogP contribution in [-0.2, 0) is 6.42 Å². The molecule has 3 rings (SSSR count). The lowest BCUT2D eigenvalue weighted by Gasteiger charge is -2.00. The van der Waals surface area contributed by atoms with Gasteiger partial charge in [0.2, 0.25) is 0 Å². The van der Waals surface area contributed by atoms with Crippen LogP contribution in [0.25, 0.3) is 5.78 Å². The normalized spacial score (nSPS) is 11.3. The van der Waals surface area contributed by atoms with Crippen molar-refractivity contribution < 1.29 is 4.79 Å². The number of H-pyrrole nitrogens is 1. The quantitative estimate of drug-likeness (QED) is 0.769. The van der Waals surface area contributed by atoms with Gasteiger partial charge >= 0.3 is 0 Å². The van der Waals surface area contributed by atoms with Crippen molar-refractivity contribution in [2.75, 3.05) is 5.32 Å². The van der Waals surface area contributed by atoms with Crippen LogP contribution in [0.1, 0.15) is 28.4 Å². The summed E-state index contributed by atoms with van der Waals surface area (Å²) in [6.45, 7) is 4.31. The molecule has 2 N–H and O–H groups in total. The van der Waals surface area contributed by atoms with Crippen molar-refractivity contribution >= 4 is 29.0 Å². The van der Waals surface area contributed by atoms with Gasteiger partial charge in [0.1, 0.15) is 6.33 Å². The first-order valence-corrected chi connectivity index (χ1v) is 7.09. The number of thiophene rings is 1. The van der Waals surface area contributed by atoms with Gasteiger partial charge in [-0.05, 0) is 24.5 Å². The highest BCUT2D eigenvalue weighted by Gasteiger charge is 2.14. The van der Waals surface area contributed by atoms with E-state index >= 15 is 0 Å². The van der Waals surface area contributed by atoms with Crippen molar-refractivity contribution in [3.8, 4) is 0 Å². The maximum absolute atomic E-state index is 12.2. The number of aromatic amines is 1. The van der Waals surface area contributed by atoms with Gasteiger partial charge in [0.25, 0.3) is 17.6 Å². The van der Waals surface area contributed by atoms with Gasteiger partial charge in [0.15, 0.2) is 0 Å². The number of carbonyl (C=O) groups is 1. The SMILES string of the molecule is CC(C)Cc1ccc(C(=O)Nc2nnc3nc[nH]n23)s1. The Balaban J connectivity index is 1.76. The van der Waals surface area contributed by atoms with Crippen molar-refractivity contribution in [1.29, 1.82) is 0 Å². The molecule has 0 aliphatic rings. The summed E-state index contributed by atoms with van der Waals surface area (Å²) in [6, 6.07) is 3.83. The average Bonchev–Trinajstić information content (AvgIpc) is 3.06. The summed E-state index contributed by atoms with van der Waals surface area (Å²) in [6.07, 6.45) is 2.47. The predicted octanol–water partition coefficient (Wildman–Crippen LogP) is 1.96. The van der Waals surface area contributed by atoms with Gasteiger partial charge in [-0.1, -0.05) is 13.8 Å². The van der Waals surface area contributed by atoms with Gasteiger partial charge in [-0.25, -0.2) is 0 Å². The average molecular weight is 290 g/mol. The van der Waals surface area contributed by atoms with Crippen LogP contribution in [-0.4, -0.2) is 30.7 Å². The van der Waals surface area contributed by atoms with Crippen LogP contribution in [0.4, 0.5) is 5.95 Å². The maximum Gasteiger partial charge on any atom is 0.273 e. The van der Waals surface area contributed by atoms with Gasteiger partial charge < -0.3 is 0 Å². The number of hydrogen-bond donors (Lipinski definition) is 2. The minimum atomic E-state index is -0.186. The molecule has 0 aliphatic heterocycles. The lowest BCUT2D eigenvalue weighted by Crippen LogP contribution is -2.13. The van der Waals surface area contributed by atoms with Crippen LogP contribution in [0.3, 0.4) is 0 Å². The highest BCUT2D eigenvalue weighted by atomic mass is 32.1. The third-order valence-corrected chi connectivity index (χ3v) is 3.84. The first kappa shape index (κ1) is 12.8. The Morgan fingerprint density at radius 2 is 2.30 bits per heavy atom. The molecule has 1 amide bonds. The number of anilines is 1. The van der Waals surface area contributed by atoms with Gasteiger partial charge in [0, 0.05) is 4.88 Å². The molecule has 8 heteroatoms. The molecule has 0 saturated carbocycles. The van der Waals surface area contributed by atoms with Crippen LogP contribution >= 0.6 is 11.3 Å². The monoisotopic (exact) mass is 290 g/mol. The van der Waals surface area contributed by atoms with E-state index in [1.54, 1.807) is 0 Å². The number of nitrogens with one attached hydrogen (secondary N) is 2. The first-order chi connectivity index (χ1) is 9.63. The molecule has 7 nitrogen and oxygen atoms in total. The van der Waals surface area contributed by atoms with Crippen LogP contribution in [0, 0.1) is 5.92 Å². The van der Waals surface area contributed by atoms with Gasteiger partial charge in [-0.15, -0.1) is 21.5 Å². The summed E-state index contributed by atoms with van der Waals surface area (Å²) in [5, 5.41) is 13.2. The van der Waals surface area contributed by atoms with Crippen LogP contribution in [0.2, 0.25) is 0 Å².